The van der Waals surface area contributed by atoms with Crippen LogP contribution in [0.3, 0.4) is 0 Å². The van der Waals surface area contributed by atoms with Gasteiger partial charge in [-0.3, -0.25) is 14.5 Å². The number of aromatic nitrogens is 4. The number of pyridine rings is 2. The topological polar surface area (TPSA) is 72.7 Å². The van der Waals surface area contributed by atoms with Gasteiger partial charge in [0.1, 0.15) is 0 Å². The first-order chi connectivity index (χ1) is 14.5. The monoisotopic (exact) mass is 419 g/mol. The van der Waals surface area contributed by atoms with E-state index in [1.54, 1.807) is 18.3 Å². The number of nitrogens with one attached hydrogen (secondary N) is 1. The third kappa shape index (κ3) is 3.78. The third-order valence-corrected chi connectivity index (χ3v) is 5.39. The molecule has 0 radical (unpaired) electrons. The van der Waals surface area contributed by atoms with Gasteiger partial charge in [-0.25, -0.2) is 4.98 Å². The number of nitrogens with zero attached hydrogens (tertiary/aromatic N) is 4. The molecule has 152 valence electrons. The van der Waals surface area contributed by atoms with E-state index >= 15 is 0 Å². The van der Waals surface area contributed by atoms with Gasteiger partial charge in [-0.1, -0.05) is 29.8 Å². The molecule has 0 fully saturated rings. The van der Waals surface area contributed by atoms with Gasteiger partial charge in [0, 0.05) is 29.9 Å². The number of aryl methyl sites for hydroxylation is 2. The number of rotatable bonds is 5. The van der Waals surface area contributed by atoms with E-state index in [9.17, 15) is 4.79 Å². The zero-order chi connectivity index (χ0) is 21.3. The molecule has 4 rings (SSSR count). The van der Waals surface area contributed by atoms with Gasteiger partial charge in [0.2, 0.25) is 0 Å². The number of para-hydroxylation sites is 1. The van der Waals surface area contributed by atoms with Gasteiger partial charge in [0.05, 0.1) is 39.2 Å². The number of amides is 1. The maximum atomic E-state index is 13.3. The highest BCUT2D eigenvalue weighted by atomic mass is 35.5. The third-order valence-electron chi connectivity index (χ3n) is 5.08. The first-order valence-electron chi connectivity index (χ1n) is 9.83. The minimum absolute atomic E-state index is 0.196. The van der Waals surface area contributed by atoms with Crippen LogP contribution in [0.4, 0.5) is 0 Å². The summed E-state index contributed by atoms with van der Waals surface area (Å²) in [4.78, 5) is 22.3. The van der Waals surface area contributed by atoms with E-state index < -0.39 is 0 Å². The molecule has 1 aromatic carbocycles. The van der Waals surface area contributed by atoms with Crippen LogP contribution in [0.25, 0.3) is 22.3 Å². The maximum Gasteiger partial charge on any atom is 0.252 e. The zero-order valence-corrected chi connectivity index (χ0v) is 17.8. The molecule has 6 nitrogen and oxygen atoms in total. The van der Waals surface area contributed by atoms with E-state index in [0.29, 0.717) is 32.9 Å². The lowest BCUT2D eigenvalue weighted by atomic mass is 10.0. The van der Waals surface area contributed by atoms with Crippen molar-refractivity contribution in [3.8, 4) is 11.4 Å². The Morgan fingerprint density at radius 2 is 2.03 bits per heavy atom. The molecule has 30 heavy (non-hydrogen) atoms. The summed E-state index contributed by atoms with van der Waals surface area (Å²) in [6.45, 7) is 6.72. The largest absolute Gasteiger partial charge is 0.345 e. The second-order valence-corrected chi connectivity index (χ2v) is 7.53. The number of hydrogen-bond donors (Lipinski definition) is 1. The van der Waals surface area contributed by atoms with Crippen LogP contribution in [0.2, 0.25) is 5.02 Å². The summed E-state index contributed by atoms with van der Waals surface area (Å²) in [7, 11) is 0. The first kappa shape index (κ1) is 20.0. The summed E-state index contributed by atoms with van der Waals surface area (Å²) in [5.41, 5.74) is 4.27. The molecule has 0 saturated heterocycles. The minimum Gasteiger partial charge on any atom is -0.345 e. The van der Waals surface area contributed by atoms with Crippen LogP contribution in [0.5, 0.6) is 0 Å². The zero-order valence-electron chi connectivity index (χ0n) is 17.1. The normalized spacial score (nSPS) is 12.1. The van der Waals surface area contributed by atoms with Crippen LogP contribution < -0.4 is 5.32 Å². The Kier molecular flexibility index (Phi) is 5.50. The lowest BCUT2D eigenvalue weighted by molar-refractivity contribution is 0.0941. The summed E-state index contributed by atoms with van der Waals surface area (Å²) < 4.78 is 1.87. The van der Waals surface area contributed by atoms with Crippen molar-refractivity contribution in [2.75, 3.05) is 0 Å². The molecule has 0 aliphatic heterocycles. The van der Waals surface area contributed by atoms with Crippen molar-refractivity contribution in [1.29, 1.82) is 0 Å². The molecule has 3 aromatic heterocycles. The highest BCUT2D eigenvalue weighted by molar-refractivity contribution is 6.35. The molecule has 7 heteroatoms. The Balaban J connectivity index is 1.76. The number of carbonyl (C=O) groups excluding carboxylic acids is 1. The van der Waals surface area contributed by atoms with Crippen LogP contribution in [0.15, 0.2) is 54.9 Å². The maximum absolute atomic E-state index is 13.3. The predicted octanol–water partition coefficient (Wildman–Crippen LogP) is 4.97. The van der Waals surface area contributed by atoms with Crippen molar-refractivity contribution in [1.82, 2.24) is 25.1 Å². The summed E-state index contributed by atoms with van der Waals surface area (Å²) in [6, 6.07) is 12.6. The number of carbonyl (C=O) groups is 1. The van der Waals surface area contributed by atoms with Gasteiger partial charge < -0.3 is 5.32 Å². The fourth-order valence-electron chi connectivity index (χ4n) is 3.52. The minimum atomic E-state index is -0.196. The lowest BCUT2D eigenvalue weighted by Gasteiger charge is -2.15. The van der Waals surface area contributed by atoms with Crippen LogP contribution in [0.1, 0.15) is 41.5 Å². The van der Waals surface area contributed by atoms with Gasteiger partial charge in [-0.15, -0.1) is 0 Å². The van der Waals surface area contributed by atoms with Crippen molar-refractivity contribution in [3.05, 3.63) is 76.7 Å². The quantitative estimate of drug-likeness (QED) is 0.496. The fourth-order valence-corrected chi connectivity index (χ4v) is 3.74. The number of hydrogen-bond acceptors (Lipinski definition) is 4. The summed E-state index contributed by atoms with van der Waals surface area (Å²) in [6.07, 6.45) is 3.67. The smallest absolute Gasteiger partial charge is 0.252 e. The molecule has 0 aliphatic rings. The lowest BCUT2D eigenvalue weighted by Crippen LogP contribution is -2.27. The van der Waals surface area contributed by atoms with Crippen LogP contribution in [0, 0.1) is 6.92 Å². The molecule has 0 spiro atoms. The number of benzene rings is 1. The summed E-state index contributed by atoms with van der Waals surface area (Å²) in [5, 5.41) is 8.77. The van der Waals surface area contributed by atoms with E-state index in [1.807, 2.05) is 62.0 Å². The number of fused-ring (bicyclic) bond motifs is 1. The standard InChI is InChI=1S/C23H22ClN5O/c1-4-29-13-18(15(3)28-29)14(2)26-23(30)17-12-21(20-10-5-6-11-25-20)27-22-16(17)8-7-9-19(22)24/h5-14H,4H2,1-3H3,(H,26,30)/t14-/m1/s1. The second-order valence-electron chi connectivity index (χ2n) is 7.13. The molecule has 0 saturated carbocycles. The highest BCUT2D eigenvalue weighted by Gasteiger charge is 2.20. The van der Waals surface area contributed by atoms with E-state index in [-0.39, 0.29) is 11.9 Å². The Bertz CT molecular complexity index is 1220. The van der Waals surface area contributed by atoms with E-state index in [4.69, 9.17) is 11.6 Å². The van der Waals surface area contributed by atoms with Crippen molar-refractivity contribution in [2.24, 2.45) is 0 Å². The van der Waals surface area contributed by atoms with Crippen LogP contribution >= 0.6 is 11.6 Å². The molecule has 0 unspecified atom stereocenters. The second kappa shape index (κ2) is 8.24. The molecule has 0 aliphatic carbocycles. The average molecular weight is 420 g/mol. The Labute approximate surface area is 179 Å². The van der Waals surface area contributed by atoms with Crippen molar-refractivity contribution in [3.63, 3.8) is 0 Å². The van der Waals surface area contributed by atoms with E-state index in [0.717, 1.165) is 17.8 Å². The van der Waals surface area contributed by atoms with Crippen molar-refractivity contribution < 1.29 is 4.79 Å². The fraction of sp³-hybridized carbons (Fsp3) is 0.217. The summed E-state index contributed by atoms with van der Waals surface area (Å²) >= 11 is 6.41. The van der Waals surface area contributed by atoms with Crippen LogP contribution in [-0.4, -0.2) is 25.7 Å². The Morgan fingerprint density at radius 1 is 1.20 bits per heavy atom. The van der Waals surface area contributed by atoms with Crippen molar-refractivity contribution >= 4 is 28.4 Å². The Hall–Kier alpha value is -3.25. The number of halogens is 1. The average Bonchev–Trinajstić information content (AvgIpc) is 3.15. The molecule has 1 atom stereocenters. The molecule has 4 aromatic rings. The summed E-state index contributed by atoms with van der Waals surface area (Å²) in [5.74, 6) is -0.196. The van der Waals surface area contributed by atoms with Crippen LogP contribution in [-0.2, 0) is 6.54 Å². The molecule has 1 amide bonds. The molecule has 1 N–H and O–H groups in total. The van der Waals surface area contributed by atoms with E-state index in [1.165, 1.54) is 0 Å². The van der Waals surface area contributed by atoms with Crippen molar-refractivity contribution in [2.45, 2.75) is 33.4 Å². The van der Waals surface area contributed by atoms with Gasteiger partial charge in [0.15, 0.2) is 0 Å². The van der Waals surface area contributed by atoms with Gasteiger partial charge in [-0.2, -0.15) is 5.10 Å². The van der Waals surface area contributed by atoms with Gasteiger partial charge in [0.25, 0.3) is 5.91 Å². The van der Waals surface area contributed by atoms with E-state index in [2.05, 4.69) is 20.4 Å². The molecule has 3 heterocycles. The Morgan fingerprint density at radius 3 is 2.73 bits per heavy atom. The first-order valence-corrected chi connectivity index (χ1v) is 10.2. The predicted molar refractivity (Wildman–Crippen MR) is 119 cm³/mol. The SMILES string of the molecule is CCn1cc([C@@H](C)NC(=O)c2cc(-c3ccccn3)nc3c(Cl)cccc23)c(C)n1. The van der Waals surface area contributed by atoms with Gasteiger partial charge >= 0.3 is 0 Å². The molecule has 0 bridgehead atoms. The van der Waals surface area contributed by atoms with Gasteiger partial charge in [-0.05, 0) is 45.0 Å². The molecular formula is C23H22ClN5O. The molecular weight excluding hydrogens is 398 g/mol. The highest BCUT2D eigenvalue weighted by Crippen LogP contribution is 2.29.